The van der Waals surface area contributed by atoms with Crippen molar-refractivity contribution in [1.29, 1.82) is 0 Å². The smallest absolute Gasteiger partial charge is 0.227 e. The van der Waals surface area contributed by atoms with Gasteiger partial charge < -0.3 is 25.4 Å². The molecule has 0 aromatic heterocycles. The van der Waals surface area contributed by atoms with Gasteiger partial charge in [-0.1, -0.05) is 0 Å². The molecule has 0 bridgehead atoms. The summed E-state index contributed by atoms with van der Waals surface area (Å²) in [6.45, 7) is 9.68. The number of rotatable bonds is 9. The number of aliphatic imine (C=N–C) groups is 1. The molecule has 1 amide bonds. The molecule has 2 rings (SSSR count). The van der Waals surface area contributed by atoms with Gasteiger partial charge in [-0.15, -0.1) is 0 Å². The van der Waals surface area contributed by atoms with Crippen LogP contribution in [-0.2, 0) is 11.3 Å². The quantitative estimate of drug-likeness (QED) is 0.416. The Balaban J connectivity index is 1.87. The average Bonchev–Trinajstić information content (AvgIpc) is 3.17. The number of benzene rings is 1. The number of likely N-dealkylation sites (tertiary alicyclic amines) is 1. The van der Waals surface area contributed by atoms with Gasteiger partial charge in [-0.25, -0.2) is 0 Å². The number of amides is 1. The number of carbonyl (C=O) groups excluding carboxylic acids is 1. The fourth-order valence-electron chi connectivity index (χ4n) is 3.48. The van der Waals surface area contributed by atoms with Crippen LogP contribution in [0.4, 0.5) is 0 Å². The van der Waals surface area contributed by atoms with E-state index in [1.54, 1.807) is 21.3 Å². The Hall–Kier alpha value is -2.48. The van der Waals surface area contributed by atoms with Crippen molar-refractivity contribution in [3.8, 4) is 11.5 Å². The molecule has 0 aliphatic carbocycles. The molecular weight excluding hydrogens is 382 g/mol. The number of methoxy groups -OCH3 is 2. The normalized spacial score (nSPS) is 17.5. The molecule has 1 saturated heterocycles. The molecule has 1 aromatic carbocycles. The van der Waals surface area contributed by atoms with E-state index in [2.05, 4.69) is 25.8 Å². The van der Waals surface area contributed by atoms with E-state index in [1.807, 2.05) is 39.0 Å². The highest BCUT2D eigenvalue weighted by Crippen LogP contribution is 2.24. The first-order valence-electron chi connectivity index (χ1n) is 10.5. The molecule has 168 valence electrons. The Bertz CT molecular complexity index is 713. The van der Waals surface area contributed by atoms with Crippen molar-refractivity contribution < 1.29 is 14.3 Å². The molecule has 30 heavy (non-hydrogen) atoms. The molecule has 0 saturated carbocycles. The topological polar surface area (TPSA) is 87.2 Å². The molecule has 1 aliphatic heterocycles. The van der Waals surface area contributed by atoms with Crippen LogP contribution in [0.1, 0.15) is 32.8 Å². The molecule has 1 fully saturated rings. The summed E-state index contributed by atoms with van der Waals surface area (Å²) in [4.78, 5) is 18.9. The number of hydrogen-bond acceptors (Lipinski definition) is 5. The van der Waals surface area contributed by atoms with E-state index in [9.17, 15) is 4.79 Å². The first-order valence-corrected chi connectivity index (χ1v) is 10.5. The predicted octanol–water partition coefficient (Wildman–Crippen LogP) is 1.61. The van der Waals surface area contributed by atoms with Crippen LogP contribution in [0, 0.1) is 5.41 Å². The summed E-state index contributed by atoms with van der Waals surface area (Å²) in [6.07, 6.45) is 1.03. The lowest BCUT2D eigenvalue weighted by Gasteiger charge is -2.26. The zero-order valence-electron chi connectivity index (χ0n) is 19.2. The Morgan fingerprint density at radius 3 is 2.43 bits per heavy atom. The summed E-state index contributed by atoms with van der Waals surface area (Å²) in [5.74, 6) is 2.37. The second-order valence-electron chi connectivity index (χ2n) is 8.26. The standard InChI is InChI=1S/C22H37N5O3/c1-7-24-20(28)22(2,3)15-25-21(23-4)26-17-8-9-27(14-17)13-16-10-18(29-5)12-19(11-16)30-6/h10-12,17H,7-9,13-15H2,1-6H3,(H,24,28)(H2,23,25,26). The van der Waals surface area contributed by atoms with Crippen molar-refractivity contribution in [2.75, 3.05) is 47.4 Å². The highest BCUT2D eigenvalue weighted by atomic mass is 16.5. The van der Waals surface area contributed by atoms with Gasteiger partial charge in [0.25, 0.3) is 0 Å². The summed E-state index contributed by atoms with van der Waals surface area (Å²) < 4.78 is 10.7. The van der Waals surface area contributed by atoms with Gasteiger partial charge in [0.15, 0.2) is 5.96 Å². The maximum Gasteiger partial charge on any atom is 0.227 e. The van der Waals surface area contributed by atoms with E-state index in [0.717, 1.165) is 49.1 Å². The van der Waals surface area contributed by atoms with Crippen LogP contribution in [0.15, 0.2) is 23.2 Å². The first kappa shape index (κ1) is 23.8. The fourth-order valence-corrected chi connectivity index (χ4v) is 3.48. The lowest BCUT2D eigenvalue weighted by atomic mass is 9.92. The SMILES string of the molecule is CCNC(=O)C(C)(C)CNC(=NC)NC1CCN(Cc2cc(OC)cc(OC)c2)C1. The maximum absolute atomic E-state index is 12.2. The highest BCUT2D eigenvalue weighted by Gasteiger charge is 2.28. The zero-order chi connectivity index (χ0) is 22.1. The maximum atomic E-state index is 12.2. The van der Waals surface area contributed by atoms with Crippen molar-refractivity contribution in [1.82, 2.24) is 20.9 Å². The second kappa shape index (κ2) is 11.1. The summed E-state index contributed by atoms with van der Waals surface area (Å²) in [7, 11) is 5.09. The number of nitrogens with zero attached hydrogens (tertiary/aromatic N) is 2. The largest absolute Gasteiger partial charge is 0.497 e. The van der Waals surface area contributed by atoms with Gasteiger partial charge in [-0.3, -0.25) is 14.7 Å². The van der Waals surface area contributed by atoms with E-state index in [4.69, 9.17) is 9.47 Å². The van der Waals surface area contributed by atoms with Crippen LogP contribution in [0.5, 0.6) is 11.5 Å². The molecule has 1 heterocycles. The summed E-state index contributed by atoms with van der Waals surface area (Å²) >= 11 is 0. The molecule has 3 N–H and O–H groups in total. The molecule has 1 aliphatic rings. The third-order valence-corrected chi connectivity index (χ3v) is 5.30. The lowest BCUT2D eigenvalue weighted by molar-refractivity contribution is -0.128. The number of guanidine groups is 1. The number of hydrogen-bond donors (Lipinski definition) is 3. The fraction of sp³-hybridized carbons (Fsp3) is 0.636. The molecule has 8 heteroatoms. The van der Waals surface area contributed by atoms with E-state index in [-0.39, 0.29) is 5.91 Å². The average molecular weight is 420 g/mol. The minimum absolute atomic E-state index is 0.0358. The Morgan fingerprint density at radius 1 is 1.20 bits per heavy atom. The van der Waals surface area contributed by atoms with Gasteiger partial charge in [-0.2, -0.15) is 0 Å². The van der Waals surface area contributed by atoms with Crippen LogP contribution in [0.25, 0.3) is 0 Å². The van der Waals surface area contributed by atoms with Gasteiger partial charge >= 0.3 is 0 Å². The highest BCUT2D eigenvalue weighted by molar-refractivity contribution is 5.84. The summed E-state index contributed by atoms with van der Waals surface area (Å²) in [5.41, 5.74) is 0.652. The second-order valence-corrected chi connectivity index (χ2v) is 8.26. The van der Waals surface area contributed by atoms with E-state index in [0.29, 0.717) is 19.1 Å². The van der Waals surface area contributed by atoms with E-state index < -0.39 is 5.41 Å². The lowest BCUT2D eigenvalue weighted by Crippen LogP contribution is -2.50. The molecule has 1 atom stereocenters. The Kier molecular flexibility index (Phi) is 8.77. The Morgan fingerprint density at radius 2 is 1.87 bits per heavy atom. The van der Waals surface area contributed by atoms with Crippen LogP contribution >= 0.6 is 0 Å². The predicted molar refractivity (Wildman–Crippen MR) is 120 cm³/mol. The molecular formula is C22H37N5O3. The third kappa shape index (κ3) is 6.79. The molecule has 0 radical (unpaired) electrons. The van der Waals surface area contributed by atoms with Crippen molar-refractivity contribution in [3.63, 3.8) is 0 Å². The van der Waals surface area contributed by atoms with Gasteiger partial charge in [0.2, 0.25) is 5.91 Å². The zero-order valence-corrected chi connectivity index (χ0v) is 19.2. The molecule has 8 nitrogen and oxygen atoms in total. The van der Waals surface area contributed by atoms with Crippen LogP contribution in [-0.4, -0.2) is 70.3 Å². The van der Waals surface area contributed by atoms with Crippen molar-refractivity contribution in [3.05, 3.63) is 23.8 Å². The van der Waals surface area contributed by atoms with Crippen molar-refractivity contribution in [2.45, 2.75) is 39.8 Å². The summed E-state index contributed by atoms with van der Waals surface area (Å²) in [5, 5.41) is 9.67. The van der Waals surface area contributed by atoms with Crippen molar-refractivity contribution >= 4 is 11.9 Å². The van der Waals surface area contributed by atoms with Gasteiger partial charge in [0, 0.05) is 51.9 Å². The molecule has 0 spiro atoms. The van der Waals surface area contributed by atoms with Gasteiger partial charge in [0.1, 0.15) is 11.5 Å². The molecule has 1 aromatic rings. The van der Waals surface area contributed by atoms with Crippen LogP contribution in [0.3, 0.4) is 0 Å². The van der Waals surface area contributed by atoms with Gasteiger partial charge in [-0.05, 0) is 44.9 Å². The van der Waals surface area contributed by atoms with E-state index in [1.165, 1.54) is 0 Å². The monoisotopic (exact) mass is 419 g/mol. The number of carbonyl (C=O) groups is 1. The third-order valence-electron chi connectivity index (χ3n) is 5.30. The minimum Gasteiger partial charge on any atom is -0.497 e. The number of nitrogens with one attached hydrogen (secondary N) is 3. The minimum atomic E-state index is -0.513. The Labute approximate surface area is 180 Å². The number of ether oxygens (including phenoxy) is 2. The van der Waals surface area contributed by atoms with Crippen molar-refractivity contribution in [2.24, 2.45) is 10.4 Å². The van der Waals surface area contributed by atoms with Crippen LogP contribution < -0.4 is 25.4 Å². The van der Waals surface area contributed by atoms with E-state index >= 15 is 0 Å². The van der Waals surface area contributed by atoms with Crippen LogP contribution in [0.2, 0.25) is 0 Å². The summed E-state index contributed by atoms with van der Waals surface area (Å²) in [6, 6.07) is 6.28. The molecule has 1 unspecified atom stereocenters. The van der Waals surface area contributed by atoms with Gasteiger partial charge in [0.05, 0.1) is 19.6 Å². The first-order chi connectivity index (χ1) is 14.3.